The van der Waals surface area contributed by atoms with Crippen LogP contribution in [0.3, 0.4) is 0 Å². The highest BCUT2D eigenvalue weighted by Gasteiger charge is 2.07. The van der Waals surface area contributed by atoms with Crippen LogP contribution in [0.2, 0.25) is 0 Å². The average molecular weight is 431 g/mol. The summed E-state index contributed by atoms with van der Waals surface area (Å²) in [6, 6.07) is 6.10. The van der Waals surface area contributed by atoms with Crippen LogP contribution >= 0.6 is 0 Å². The number of benzene rings is 1. The van der Waals surface area contributed by atoms with Crippen LogP contribution in [0.4, 0.5) is 10.5 Å². The molecule has 0 heterocycles. The normalized spacial score (nSPS) is 10.9. The lowest BCUT2D eigenvalue weighted by Crippen LogP contribution is -2.30. The van der Waals surface area contributed by atoms with Gasteiger partial charge in [0, 0.05) is 12.2 Å². The number of nitrogens with one attached hydrogen (secondary N) is 2. The zero-order valence-electron chi connectivity index (χ0n) is 20.9. The van der Waals surface area contributed by atoms with E-state index in [0.29, 0.717) is 0 Å². The van der Waals surface area contributed by atoms with Crippen LogP contribution in [0.5, 0.6) is 0 Å². The molecule has 3 heteroatoms. The number of carbonyl (C=O) groups is 1. The Labute approximate surface area is 193 Å². The molecule has 1 rings (SSSR count). The zero-order chi connectivity index (χ0) is 22.6. The number of amides is 2. The van der Waals surface area contributed by atoms with E-state index in [9.17, 15) is 4.79 Å². The minimum Gasteiger partial charge on any atom is -0.338 e. The van der Waals surface area contributed by atoms with Gasteiger partial charge in [-0.15, -0.1) is 0 Å². The van der Waals surface area contributed by atoms with Gasteiger partial charge < -0.3 is 10.6 Å². The maximum atomic E-state index is 12.2. The van der Waals surface area contributed by atoms with Crippen molar-refractivity contribution in [1.82, 2.24) is 5.32 Å². The van der Waals surface area contributed by atoms with E-state index in [1.807, 2.05) is 19.1 Å². The summed E-state index contributed by atoms with van der Waals surface area (Å²) in [7, 11) is 0. The fourth-order valence-corrected chi connectivity index (χ4v) is 4.23. The first-order chi connectivity index (χ1) is 15.2. The third-order valence-corrected chi connectivity index (χ3v) is 6.29. The largest absolute Gasteiger partial charge is 0.338 e. The van der Waals surface area contributed by atoms with Gasteiger partial charge in [0.15, 0.2) is 0 Å². The molecule has 0 saturated heterocycles. The molecule has 0 aliphatic rings. The number of aryl methyl sites for hydroxylation is 2. The molecule has 0 aliphatic carbocycles. The molecule has 178 valence electrons. The quantitative estimate of drug-likeness (QED) is 0.211. The van der Waals surface area contributed by atoms with Gasteiger partial charge in [0.1, 0.15) is 0 Å². The predicted molar refractivity (Wildman–Crippen MR) is 137 cm³/mol. The first-order valence-electron chi connectivity index (χ1n) is 13.3. The third-order valence-electron chi connectivity index (χ3n) is 6.29. The van der Waals surface area contributed by atoms with E-state index < -0.39 is 0 Å². The minimum absolute atomic E-state index is 0.0787. The Morgan fingerprint density at radius 3 is 1.68 bits per heavy atom. The standard InChI is InChI=1S/C28H50N2O/c1-4-6-7-8-9-10-11-12-13-14-15-16-17-18-19-20-24-29-28(31)30-27-25(3)22-21-23-26(27)5-2/h21-23H,4-20,24H2,1-3H3,(H2,29,30,31). The summed E-state index contributed by atoms with van der Waals surface area (Å²) in [5.41, 5.74) is 3.28. The number of para-hydroxylation sites is 1. The van der Waals surface area contributed by atoms with Gasteiger partial charge in [0.25, 0.3) is 0 Å². The summed E-state index contributed by atoms with van der Waals surface area (Å²) >= 11 is 0. The Morgan fingerprint density at radius 1 is 0.710 bits per heavy atom. The van der Waals surface area contributed by atoms with Gasteiger partial charge >= 0.3 is 6.03 Å². The topological polar surface area (TPSA) is 41.1 Å². The molecule has 0 saturated carbocycles. The molecule has 0 radical (unpaired) electrons. The second-order valence-corrected chi connectivity index (χ2v) is 9.15. The second kappa shape index (κ2) is 19.2. The number of hydrogen-bond acceptors (Lipinski definition) is 1. The van der Waals surface area contributed by atoms with Gasteiger partial charge in [-0.3, -0.25) is 0 Å². The van der Waals surface area contributed by atoms with E-state index in [-0.39, 0.29) is 6.03 Å². The fourth-order valence-electron chi connectivity index (χ4n) is 4.23. The van der Waals surface area contributed by atoms with Crippen LogP contribution in [0.15, 0.2) is 18.2 Å². The lowest BCUT2D eigenvalue weighted by Gasteiger charge is -2.13. The fraction of sp³-hybridized carbons (Fsp3) is 0.750. The van der Waals surface area contributed by atoms with Crippen molar-refractivity contribution in [3.63, 3.8) is 0 Å². The van der Waals surface area contributed by atoms with Crippen LogP contribution in [0.1, 0.15) is 128 Å². The van der Waals surface area contributed by atoms with E-state index in [0.717, 1.165) is 30.6 Å². The molecule has 0 aromatic heterocycles. The Morgan fingerprint density at radius 2 is 1.19 bits per heavy atom. The van der Waals surface area contributed by atoms with E-state index in [1.54, 1.807) is 0 Å². The summed E-state index contributed by atoms with van der Waals surface area (Å²) < 4.78 is 0. The van der Waals surface area contributed by atoms with Gasteiger partial charge in [0.05, 0.1) is 0 Å². The molecule has 1 aromatic rings. The first kappa shape index (κ1) is 27.5. The summed E-state index contributed by atoms with van der Waals surface area (Å²) in [4.78, 5) is 12.2. The summed E-state index contributed by atoms with van der Waals surface area (Å²) in [6.45, 7) is 7.21. The van der Waals surface area contributed by atoms with E-state index in [1.165, 1.54) is 102 Å². The van der Waals surface area contributed by atoms with Crippen molar-refractivity contribution in [2.24, 2.45) is 0 Å². The lowest BCUT2D eigenvalue weighted by molar-refractivity contribution is 0.252. The molecule has 0 aliphatic heterocycles. The maximum absolute atomic E-state index is 12.2. The van der Waals surface area contributed by atoms with Gasteiger partial charge in [-0.25, -0.2) is 4.79 Å². The summed E-state index contributed by atoms with van der Waals surface area (Å²) in [5, 5.41) is 6.04. The molecule has 0 spiro atoms. The minimum atomic E-state index is -0.0787. The molecule has 31 heavy (non-hydrogen) atoms. The van der Waals surface area contributed by atoms with Crippen LogP contribution in [0, 0.1) is 6.92 Å². The summed E-state index contributed by atoms with van der Waals surface area (Å²) in [6.07, 6.45) is 22.9. The zero-order valence-corrected chi connectivity index (χ0v) is 20.9. The Hall–Kier alpha value is -1.51. The number of unbranched alkanes of at least 4 members (excludes halogenated alkanes) is 15. The second-order valence-electron chi connectivity index (χ2n) is 9.15. The maximum Gasteiger partial charge on any atom is 0.319 e. The lowest BCUT2D eigenvalue weighted by atomic mass is 10.0. The van der Waals surface area contributed by atoms with Crippen molar-refractivity contribution < 1.29 is 4.79 Å². The smallest absolute Gasteiger partial charge is 0.319 e. The molecule has 1 aromatic carbocycles. The highest BCUT2D eigenvalue weighted by atomic mass is 16.2. The van der Waals surface area contributed by atoms with Crippen molar-refractivity contribution in [3.05, 3.63) is 29.3 Å². The monoisotopic (exact) mass is 430 g/mol. The highest BCUT2D eigenvalue weighted by Crippen LogP contribution is 2.20. The van der Waals surface area contributed by atoms with Crippen molar-refractivity contribution in [1.29, 1.82) is 0 Å². The van der Waals surface area contributed by atoms with E-state index in [4.69, 9.17) is 0 Å². The molecule has 2 amide bonds. The van der Waals surface area contributed by atoms with E-state index in [2.05, 4.69) is 30.5 Å². The predicted octanol–water partition coefficient (Wildman–Crippen LogP) is 8.94. The molecular formula is C28H50N2O. The van der Waals surface area contributed by atoms with Crippen LogP contribution in [-0.4, -0.2) is 12.6 Å². The number of anilines is 1. The van der Waals surface area contributed by atoms with Crippen molar-refractivity contribution >= 4 is 11.7 Å². The highest BCUT2D eigenvalue weighted by molar-refractivity contribution is 5.91. The third kappa shape index (κ3) is 14.2. The Balaban J connectivity index is 1.88. The molecule has 0 bridgehead atoms. The Kier molecular flexibility index (Phi) is 17.0. The SMILES string of the molecule is CCCCCCCCCCCCCCCCCCNC(=O)Nc1c(C)cccc1CC. The molecule has 2 N–H and O–H groups in total. The molecule has 0 unspecified atom stereocenters. The van der Waals surface area contributed by atoms with Gasteiger partial charge in [-0.05, 0) is 30.9 Å². The average Bonchev–Trinajstić information content (AvgIpc) is 2.77. The van der Waals surface area contributed by atoms with Gasteiger partial charge in [-0.2, -0.15) is 0 Å². The van der Waals surface area contributed by atoms with Crippen LogP contribution in [-0.2, 0) is 6.42 Å². The van der Waals surface area contributed by atoms with Crippen molar-refractivity contribution in [2.45, 2.75) is 130 Å². The summed E-state index contributed by atoms with van der Waals surface area (Å²) in [5.74, 6) is 0. The number of carbonyl (C=O) groups excluding carboxylic acids is 1. The molecule has 0 atom stereocenters. The van der Waals surface area contributed by atoms with Gasteiger partial charge in [0.2, 0.25) is 0 Å². The van der Waals surface area contributed by atoms with Crippen molar-refractivity contribution in [2.75, 3.05) is 11.9 Å². The Bertz CT molecular complexity index is 570. The van der Waals surface area contributed by atoms with Crippen LogP contribution in [0.25, 0.3) is 0 Å². The molecular weight excluding hydrogens is 380 g/mol. The molecule has 0 fully saturated rings. The number of rotatable bonds is 19. The number of hydrogen-bond donors (Lipinski definition) is 2. The first-order valence-corrected chi connectivity index (χ1v) is 13.3. The van der Waals surface area contributed by atoms with Crippen LogP contribution < -0.4 is 10.6 Å². The number of urea groups is 1. The van der Waals surface area contributed by atoms with E-state index >= 15 is 0 Å². The van der Waals surface area contributed by atoms with Crippen molar-refractivity contribution in [3.8, 4) is 0 Å². The molecule has 3 nitrogen and oxygen atoms in total. The van der Waals surface area contributed by atoms with Gasteiger partial charge in [-0.1, -0.05) is 128 Å².